The van der Waals surface area contributed by atoms with Gasteiger partial charge in [-0.3, -0.25) is 4.79 Å². The second-order valence-electron chi connectivity index (χ2n) is 5.48. The predicted octanol–water partition coefficient (Wildman–Crippen LogP) is 0.423. The molecule has 1 aliphatic heterocycles. The highest BCUT2D eigenvalue weighted by Crippen LogP contribution is 2.21. The van der Waals surface area contributed by atoms with Crippen molar-refractivity contribution in [3.63, 3.8) is 0 Å². The summed E-state index contributed by atoms with van der Waals surface area (Å²) in [6.07, 6.45) is 1.29. The van der Waals surface area contributed by atoms with Crippen molar-refractivity contribution in [2.75, 3.05) is 26.7 Å². The Kier molecular flexibility index (Phi) is 6.22. The van der Waals surface area contributed by atoms with E-state index in [1.165, 1.54) is 7.11 Å². The lowest BCUT2D eigenvalue weighted by Crippen LogP contribution is -2.44. The lowest BCUT2D eigenvalue weighted by Gasteiger charge is -2.23. The van der Waals surface area contributed by atoms with Crippen LogP contribution in [0.25, 0.3) is 0 Å². The number of methoxy groups -OCH3 is 1. The molecule has 2 unspecified atom stereocenters. The van der Waals surface area contributed by atoms with Gasteiger partial charge in [-0.25, -0.2) is 4.79 Å². The molecule has 0 radical (unpaired) electrons. The summed E-state index contributed by atoms with van der Waals surface area (Å²) >= 11 is 0. The molecule has 1 aliphatic rings. The van der Waals surface area contributed by atoms with Crippen molar-refractivity contribution in [3.8, 4) is 0 Å². The molecule has 2 atom stereocenters. The molecule has 1 rings (SSSR count). The molecule has 116 valence electrons. The van der Waals surface area contributed by atoms with Gasteiger partial charge < -0.3 is 25.2 Å². The third-order valence-corrected chi connectivity index (χ3v) is 3.57. The van der Waals surface area contributed by atoms with Crippen LogP contribution in [-0.4, -0.2) is 65.6 Å². The maximum atomic E-state index is 12.0. The van der Waals surface area contributed by atoms with Gasteiger partial charge in [-0.2, -0.15) is 0 Å². The number of amides is 2. The highest BCUT2D eigenvalue weighted by molar-refractivity contribution is 5.74. The van der Waals surface area contributed by atoms with Gasteiger partial charge >= 0.3 is 12.0 Å². The first kappa shape index (κ1) is 16.7. The van der Waals surface area contributed by atoms with E-state index in [1.54, 1.807) is 11.8 Å². The van der Waals surface area contributed by atoms with E-state index in [0.717, 1.165) is 6.42 Å². The van der Waals surface area contributed by atoms with Crippen molar-refractivity contribution in [2.24, 2.45) is 0 Å². The Morgan fingerprint density at radius 3 is 2.70 bits per heavy atom. The smallest absolute Gasteiger partial charge is 0.317 e. The second-order valence-corrected chi connectivity index (χ2v) is 5.48. The summed E-state index contributed by atoms with van der Waals surface area (Å²) < 4.78 is 5.00. The first-order chi connectivity index (χ1) is 9.34. The number of aliphatic carboxylic acids is 1. The fourth-order valence-corrected chi connectivity index (χ4v) is 2.21. The number of hydrogen-bond donors (Lipinski definition) is 3. The third kappa shape index (κ3) is 5.75. The molecule has 0 saturated carbocycles. The largest absolute Gasteiger partial charge is 0.481 e. The van der Waals surface area contributed by atoms with Crippen molar-refractivity contribution in [1.82, 2.24) is 10.2 Å². The van der Waals surface area contributed by atoms with Crippen LogP contribution < -0.4 is 5.32 Å². The van der Waals surface area contributed by atoms with Crippen LogP contribution in [0.2, 0.25) is 0 Å². The molecule has 7 nitrogen and oxygen atoms in total. The first-order valence-corrected chi connectivity index (χ1v) is 6.84. The summed E-state index contributed by atoms with van der Waals surface area (Å²) in [5.41, 5.74) is -0.715. The average Bonchev–Trinajstić information content (AvgIpc) is 2.54. The number of hydrogen-bond acceptors (Lipinski definition) is 4. The molecule has 0 aromatic carbocycles. The van der Waals surface area contributed by atoms with Gasteiger partial charge in [-0.1, -0.05) is 0 Å². The zero-order valence-corrected chi connectivity index (χ0v) is 12.1. The number of carboxylic acids is 1. The number of rotatable bonds is 5. The van der Waals surface area contributed by atoms with E-state index in [2.05, 4.69) is 5.32 Å². The average molecular weight is 288 g/mol. The number of carboxylic acid groups (broad SMARTS) is 1. The normalized spacial score (nSPS) is 24.9. The Morgan fingerprint density at radius 1 is 1.40 bits per heavy atom. The molecule has 20 heavy (non-hydrogen) atoms. The van der Waals surface area contributed by atoms with E-state index in [4.69, 9.17) is 9.84 Å². The Labute approximate surface area is 118 Å². The molecule has 3 N–H and O–H groups in total. The van der Waals surface area contributed by atoms with Gasteiger partial charge in [0.1, 0.15) is 0 Å². The minimum absolute atomic E-state index is 0.147. The van der Waals surface area contributed by atoms with E-state index >= 15 is 0 Å². The van der Waals surface area contributed by atoms with Crippen LogP contribution in [0.15, 0.2) is 0 Å². The number of carbonyl (C=O) groups is 2. The molecule has 0 spiro atoms. The Bertz CT molecular complexity index is 346. The van der Waals surface area contributed by atoms with Gasteiger partial charge in [0.15, 0.2) is 0 Å². The molecule has 7 heteroatoms. The van der Waals surface area contributed by atoms with Crippen LogP contribution >= 0.6 is 0 Å². The van der Waals surface area contributed by atoms with Gasteiger partial charge in [0.25, 0.3) is 0 Å². The zero-order chi connectivity index (χ0) is 15.2. The van der Waals surface area contributed by atoms with Crippen LogP contribution in [0, 0.1) is 0 Å². The van der Waals surface area contributed by atoms with Crippen molar-refractivity contribution in [2.45, 2.75) is 44.3 Å². The molecule has 0 aromatic rings. The van der Waals surface area contributed by atoms with Crippen molar-refractivity contribution in [3.05, 3.63) is 0 Å². The summed E-state index contributed by atoms with van der Waals surface area (Å²) in [6, 6.07) is -0.241. The number of ether oxygens (including phenoxy) is 1. The number of urea groups is 1. The molecular formula is C13H24N2O5. The fraction of sp³-hybridized carbons (Fsp3) is 0.846. The van der Waals surface area contributed by atoms with Crippen LogP contribution in [0.5, 0.6) is 0 Å². The standard InChI is InChI=1S/C13H24N2O5/c1-13(19)4-3-6-15(7-5-13)12(18)14-9-10(20-2)8-11(16)17/h10,19H,3-9H2,1-2H3,(H,14,18)(H,16,17). The highest BCUT2D eigenvalue weighted by Gasteiger charge is 2.27. The first-order valence-electron chi connectivity index (χ1n) is 6.84. The van der Waals surface area contributed by atoms with Gasteiger partial charge in [0.2, 0.25) is 0 Å². The molecule has 2 amide bonds. The van der Waals surface area contributed by atoms with E-state index in [0.29, 0.717) is 25.9 Å². The van der Waals surface area contributed by atoms with Crippen LogP contribution in [-0.2, 0) is 9.53 Å². The van der Waals surface area contributed by atoms with Gasteiger partial charge in [-0.15, -0.1) is 0 Å². The van der Waals surface area contributed by atoms with Crippen molar-refractivity contribution >= 4 is 12.0 Å². The van der Waals surface area contributed by atoms with E-state index in [1.807, 2.05) is 0 Å². The topological polar surface area (TPSA) is 99.1 Å². The minimum atomic E-state index is -0.961. The van der Waals surface area contributed by atoms with Crippen LogP contribution in [0.3, 0.4) is 0 Å². The Balaban J connectivity index is 2.40. The second kappa shape index (κ2) is 7.44. The molecular weight excluding hydrogens is 264 g/mol. The number of aliphatic hydroxyl groups is 1. The number of carbonyl (C=O) groups excluding carboxylic acids is 1. The van der Waals surface area contributed by atoms with Gasteiger partial charge in [-0.05, 0) is 26.2 Å². The van der Waals surface area contributed by atoms with Crippen LogP contribution in [0.4, 0.5) is 4.79 Å². The summed E-state index contributed by atoms with van der Waals surface area (Å²) in [5, 5.41) is 21.3. The van der Waals surface area contributed by atoms with E-state index in [9.17, 15) is 14.7 Å². The van der Waals surface area contributed by atoms with Gasteiger partial charge in [0.05, 0.1) is 18.1 Å². The maximum absolute atomic E-state index is 12.0. The monoisotopic (exact) mass is 288 g/mol. The highest BCUT2D eigenvalue weighted by atomic mass is 16.5. The summed E-state index contributed by atoms with van der Waals surface area (Å²) in [4.78, 5) is 24.2. The molecule has 0 aromatic heterocycles. The summed E-state index contributed by atoms with van der Waals surface area (Å²) in [7, 11) is 1.42. The Hall–Kier alpha value is -1.34. The quantitative estimate of drug-likeness (QED) is 0.681. The summed E-state index contributed by atoms with van der Waals surface area (Å²) in [6.45, 7) is 3.03. The molecule has 0 aliphatic carbocycles. The summed E-state index contributed by atoms with van der Waals surface area (Å²) in [5.74, 6) is -0.961. The van der Waals surface area contributed by atoms with Crippen molar-refractivity contribution in [1.29, 1.82) is 0 Å². The SMILES string of the molecule is COC(CNC(=O)N1CCCC(C)(O)CC1)CC(=O)O. The third-order valence-electron chi connectivity index (χ3n) is 3.57. The van der Waals surface area contributed by atoms with Crippen LogP contribution in [0.1, 0.15) is 32.6 Å². The van der Waals surface area contributed by atoms with E-state index in [-0.39, 0.29) is 19.0 Å². The number of nitrogens with one attached hydrogen (secondary N) is 1. The minimum Gasteiger partial charge on any atom is -0.481 e. The predicted molar refractivity (Wildman–Crippen MR) is 72.5 cm³/mol. The molecule has 1 saturated heterocycles. The zero-order valence-electron chi connectivity index (χ0n) is 12.1. The fourth-order valence-electron chi connectivity index (χ4n) is 2.21. The van der Waals surface area contributed by atoms with E-state index < -0.39 is 17.7 Å². The van der Waals surface area contributed by atoms with Gasteiger partial charge in [0, 0.05) is 26.7 Å². The van der Waals surface area contributed by atoms with Crippen molar-refractivity contribution < 1.29 is 24.5 Å². The maximum Gasteiger partial charge on any atom is 0.317 e. The lowest BCUT2D eigenvalue weighted by molar-refractivity contribution is -0.139. The number of nitrogens with zero attached hydrogens (tertiary/aromatic N) is 1. The molecule has 1 fully saturated rings. The lowest BCUT2D eigenvalue weighted by atomic mass is 9.98. The number of likely N-dealkylation sites (tertiary alicyclic amines) is 1. The molecule has 1 heterocycles. The molecule has 0 bridgehead atoms. The Morgan fingerprint density at radius 2 is 2.10 bits per heavy atom.